The molecule has 0 aliphatic heterocycles. The Bertz CT molecular complexity index is 408. The van der Waals surface area contributed by atoms with Crippen molar-refractivity contribution in [2.75, 3.05) is 0 Å². The molecule has 92 valence electrons. The number of sulfonamides is 1. The zero-order chi connectivity index (χ0) is 12.5. The highest BCUT2D eigenvalue weighted by Crippen LogP contribution is 2.22. The molecule has 1 N–H and O–H groups in total. The maximum absolute atomic E-state index is 12.0. The molecule has 1 atom stereocenters. The smallest absolute Gasteiger partial charge is 0.221 e. The van der Waals surface area contributed by atoms with Gasteiger partial charge >= 0.3 is 25.8 Å². The molecular weight excluding hydrogens is 270 g/mol. The molecule has 0 aliphatic rings. The van der Waals surface area contributed by atoms with Gasteiger partial charge in [-0.15, -0.1) is 0 Å². The lowest BCUT2D eigenvalue weighted by atomic mass is 10.8. The van der Waals surface area contributed by atoms with Crippen molar-refractivity contribution in [3.05, 3.63) is 0 Å². The minimum atomic E-state index is -6.13. The summed E-state index contributed by atoms with van der Waals surface area (Å²) < 4.78 is 91.7. The van der Waals surface area contributed by atoms with E-state index >= 15 is 0 Å². The van der Waals surface area contributed by atoms with Crippen LogP contribution < -0.4 is 4.13 Å². The van der Waals surface area contributed by atoms with Crippen LogP contribution in [0.2, 0.25) is 0 Å². The van der Waals surface area contributed by atoms with E-state index < -0.39 is 32.2 Å². The Kier molecular flexibility index (Phi) is 4.06. The summed E-state index contributed by atoms with van der Waals surface area (Å²) in [6.07, 6.45) is -2.48. The van der Waals surface area contributed by atoms with Gasteiger partial charge in [-0.1, -0.05) is 4.13 Å². The normalized spacial score (nSPS) is 16.3. The second-order valence-corrected chi connectivity index (χ2v) is 5.36. The van der Waals surface area contributed by atoms with Crippen molar-refractivity contribution in [2.24, 2.45) is 0 Å². The standard InChI is InChI=1S/C3H5F4NO5S2/c1-2(4)13-15(11,12)8-14(9,10)3(5,6)7/h2,8H,1H3. The number of halogens is 4. The van der Waals surface area contributed by atoms with Gasteiger partial charge in [0.15, 0.2) is 0 Å². The molecule has 0 saturated heterocycles. The average Bonchev–Trinajstić information content (AvgIpc) is 1.75. The molecule has 15 heavy (non-hydrogen) atoms. The summed E-state index contributed by atoms with van der Waals surface area (Å²) in [6, 6.07) is 0. The van der Waals surface area contributed by atoms with Gasteiger partial charge in [0.05, 0.1) is 0 Å². The number of nitrogens with one attached hydrogen (secondary N) is 1. The second kappa shape index (κ2) is 4.19. The van der Waals surface area contributed by atoms with Crippen LogP contribution in [-0.2, 0) is 24.5 Å². The van der Waals surface area contributed by atoms with Gasteiger partial charge in [0.25, 0.3) is 0 Å². The molecule has 0 rings (SSSR count). The number of rotatable bonds is 4. The molecule has 12 heteroatoms. The third-order valence-corrected chi connectivity index (χ3v) is 3.60. The number of hydrogen-bond donors (Lipinski definition) is 1. The van der Waals surface area contributed by atoms with E-state index in [9.17, 15) is 34.4 Å². The van der Waals surface area contributed by atoms with Crippen LogP contribution in [0.3, 0.4) is 0 Å². The highest BCUT2D eigenvalue weighted by molar-refractivity contribution is 8.03. The molecule has 0 aliphatic carbocycles. The zero-order valence-electron chi connectivity index (χ0n) is 6.95. The van der Waals surface area contributed by atoms with Crippen LogP contribution in [0, 0.1) is 0 Å². The van der Waals surface area contributed by atoms with Gasteiger partial charge in [-0.3, -0.25) is 0 Å². The first-order valence-corrected chi connectivity index (χ1v) is 5.94. The van der Waals surface area contributed by atoms with Gasteiger partial charge in [0.2, 0.25) is 6.36 Å². The van der Waals surface area contributed by atoms with Crippen LogP contribution in [-0.4, -0.2) is 28.7 Å². The predicted octanol–water partition coefficient (Wildman–Crippen LogP) is 0.00250. The molecule has 0 fully saturated rings. The van der Waals surface area contributed by atoms with Gasteiger partial charge in [0.1, 0.15) is 0 Å². The van der Waals surface area contributed by atoms with Crippen LogP contribution in [0.1, 0.15) is 6.92 Å². The van der Waals surface area contributed by atoms with Crippen molar-refractivity contribution in [2.45, 2.75) is 18.8 Å². The highest BCUT2D eigenvalue weighted by Gasteiger charge is 2.48. The molecule has 0 spiro atoms. The second-order valence-electron chi connectivity index (χ2n) is 2.13. The fraction of sp³-hybridized carbons (Fsp3) is 1.00. The van der Waals surface area contributed by atoms with E-state index in [1.54, 1.807) is 0 Å². The Morgan fingerprint density at radius 1 is 1.20 bits per heavy atom. The quantitative estimate of drug-likeness (QED) is 0.729. The lowest BCUT2D eigenvalue weighted by molar-refractivity contribution is -0.0443. The molecule has 0 aromatic rings. The van der Waals surface area contributed by atoms with Gasteiger partial charge in [0, 0.05) is 0 Å². The van der Waals surface area contributed by atoms with Crippen molar-refractivity contribution < 1.29 is 38.6 Å². The summed E-state index contributed by atoms with van der Waals surface area (Å²) in [7, 11) is -11.5. The van der Waals surface area contributed by atoms with E-state index in [1.165, 1.54) is 0 Å². The molecule has 0 bridgehead atoms. The van der Waals surface area contributed by atoms with Crippen LogP contribution in [0.25, 0.3) is 0 Å². The van der Waals surface area contributed by atoms with Crippen molar-refractivity contribution in [3.8, 4) is 0 Å². The summed E-state index contributed by atoms with van der Waals surface area (Å²) in [5, 5.41) is 0. The molecule has 0 radical (unpaired) electrons. The fourth-order valence-electron chi connectivity index (χ4n) is 0.376. The lowest BCUT2D eigenvalue weighted by Crippen LogP contribution is -2.41. The summed E-state index contributed by atoms with van der Waals surface area (Å²) >= 11 is 0. The molecule has 0 aromatic heterocycles. The first-order chi connectivity index (χ1) is 6.37. The Morgan fingerprint density at radius 2 is 1.60 bits per heavy atom. The predicted molar refractivity (Wildman–Crippen MR) is 38.7 cm³/mol. The third-order valence-electron chi connectivity index (χ3n) is 0.776. The summed E-state index contributed by atoms with van der Waals surface area (Å²) in [5.74, 6) is 0. The van der Waals surface area contributed by atoms with Gasteiger partial charge in [-0.2, -0.15) is 21.6 Å². The van der Waals surface area contributed by atoms with Crippen LogP contribution in [0.5, 0.6) is 0 Å². The zero-order valence-corrected chi connectivity index (χ0v) is 8.58. The minimum Gasteiger partial charge on any atom is -0.221 e. The monoisotopic (exact) mass is 275 g/mol. The van der Waals surface area contributed by atoms with E-state index in [0.29, 0.717) is 6.92 Å². The third kappa shape index (κ3) is 4.72. The summed E-state index contributed by atoms with van der Waals surface area (Å²) in [6.45, 7) is 0.541. The Balaban J connectivity index is 4.92. The van der Waals surface area contributed by atoms with Crippen molar-refractivity contribution in [1.82, 2.24) is 4.13 Å². The Hall–Kier alpha value is -0.460. The fourth-order valence-corrected chi connectivity index (χ4v) is 2.33. The van der Waals surface area contributed by atoms with Crippen LogP contribution in [0.4, 0.5) is 17.6 Å². The van der Waals surface area contributed by atoms with E-state index in [4.69, 9.17) is 0 Å². The van der Waals surface area contributed by atoms with Crippen molar-refractivity contribution >= 4 is 20.3 Å². The van der Waals surface area contributed by atoms with Crippen LogP contribution in [0.15, 0.2) is 0 Å². The molecule has 0 saturated carbocycles. The van der Waals surface area contributed by atoms with Crippen molar-refractivity contribution in [1.29, 1.82) is 0 Å². The minimum absolute atomic E-state index is 0.161. The van der Waals surface area contributed by atoms with E-state index in [1.807, 2.05) is 0 Å². The van der Waals surface area contributed by atoms with Gasteiger partial charge < -0.3 is 0 Å². The first kappa shape index (κ1) is 14.5. The summed E-state index contributed by atoms with van der Waals surface area (Å²) in [4.78, 5) is 0. The molecule has 0 aromatic carbocycles. The largest absolute Gasteiger partial charge is 0.512 e. The maximum Gasteiger partial charge on any atom is 0.512 e. The van der Waals surface area contributed by atoms with Crippen molar-refractivity contribution in [3.63, 3.8) is 0 Å². The first-order valence-electron chi connectivity index (χ1n) is 3.04. The molecule has 1 unspecified atom stereocenters. The number of hydrogen-bond acceptors (Lipinski definition) is 5. The van der Waals surface area contributed by atoms with E-state index in [0.717, 1.165) is 0 Å². The SMILES string of the molecule is CC(F)OS(=O)(=O)NS(=O)(=O)C(F)(F)F. The molecular formula is C3H5F4NO5S2. The Labute approximate surface area is 82.5 Å². The van der Waals surface area contributed by atoms with Crippen LogP contribution >= 0.6 is 0 Å². The molecule has 6 nitrogen and oxygen atoms in total. The average molecular weight is 275 g/mol. The number of alkyl halides is 4. The van der Waals surface area contributed by atoms with E-state index in [2.05, 4.69) is 4.18 Å². The Morgan fingerprint density at radius 3 is 1.87 bits per heavy atom. The van der Waals surface area contributed by atoms with Gasteiger partial charge in [-0.05, 0) is 6.92 Å². The van der Waals surface area contributed by atoms with E-state index in [-0.39, 0.29) is 4.13 Å². The maximum atomic E-state index is 12.0. The summed E-state index contributed by atoms with van der Waals surface area (Å²) in [5.41, 5.74) is -5.83. The molecule has 0 amide bonds. The lowest BCUT2D eigenvalue weighted by Gasteiger charge is -2.10. The topological polar surface area (TPSA) is 89.5 Å². The highest BCUT2D eigenvalue weighted by atomic mass is 32.3. The van der Waals surface area contributed by atoms with Gasteiger partial charge in [-0.25, -0.2) is 17.0 Å². The molecule has 0 heterocycles.